The smallest absolute Gasteiger partial charge is 0.0383 e. The van der Waals surface area contributed by atoms with Crippen molar-refractivity contribution >= 4 is 0 Å². The quantitative estimate of drug-likeness (QED) is 0.572. The molecule has 0 spiro atoms. The predicted molar refractivity (Wildman–Crippen MR) is 51.4 cm³/mol. The van der Waals surface area contributed by atoms with Crippen molar-refractivity contribution in [3.05, 3.63) is 47.9 Å². The highest BCUT2D eigenvalue weighted by atomic mass is 14.9. The summed E-state index contributed by atoms with van der Waals surface area (Å²) < 4.78 is 0. The van der Waals surface area contributed by atoms with Crippen molar-refractivity contribution in [1.82, 2.24) is 5.32 Å². The van der Waals surface area contributed by atoms with Gasteiger partial charge in [-0.15, -0.1) is 0 Å². The lowest BCUT2D eigenvalue weighted by molar-refractivity contribution is 0.707. The van der Waals surface area contributed by atoms with Crippen LogP contribution in [-0.4, -0.2) is 0 Å². The Morgan fingerprint density at radius 3 is 3.17 bits per heavy atom. The van der Waals surface area contributed by atoms with E-state index in [1.807, 2.05) is 6.20 Å². The minimum Gasteiger partial charge on any atom is -0.362 e. The van der Waals surface area contributed by atoms with Gasteiger partial charge in [-0.05, 0) is 24.0 Å². The third-order valence-corrected chi connectivity index (χ3v) is 2.35. The second-order valence-electron chi connectivity index (χ2n) is 3.44. The van der Waals surface area contributed by atoms with Crippen molar-refractivity contribution in [3.8, 4) is 0 Å². The van der Waals surface area contributed by atoms with Gasteiger partial charge in [0.1, 0.15) is 0 Å². The first kappa shape index (κ1) is 7.41. The van der Waals surface area contributed by atoms with Crippen molar-refractivity contribution in [2.75, 3.05) is 0 Å². The van der Waals surface area contributed by atoms with Gasteiger partial charge in [0, 0.05) is 17.5 Å². The van der Waals surface area contributed by atoms with Crippen LogP contribution in [0.4, 0.5) is 0 Å². The summed E-state index contributed by atoms with van der Waals surface area (Å²) in [6.45, 7) is 6.19. The van der Waals surface area contributed by atoms with Crippen LogP contribution in [0, 0.1) is 5.92 Å². The van der Waals surface area contributed by atoms with Crippen molar-refractivity contribution in [2.24, 2.45) is 5.92 Å². The summed E-state index contributed by atoms with van der Waals surface area (Å²) in [5.41, 5.74) is 3.71. The van der Waals surface area contributed by atoms with Crippen LogP contribution in [0.15, 0.2) is 47.9 Å². The number of hydrogen-bond donors (Lipinski definition) is 1. The van der Waals surface area contributed by atoms with E-state index in [2.05, 4.69) is 37.0 Å². The third kappa shape index (κ3) is 1.11. The molecule has 0 aromatic heterocycles. The van der Waals surface area contributed by atoms with Gasteiger partial charge in [-0.3, -0.25) is 0 Å². The topological polar surface area (TPSA) is 12.0 Å². The molecular formula is C11H13N. The monoisotopic (exact) mass is 159 g/mol. The molecule has 1 N–H and O–H groups in total. The number of dihydropyridines is 1. The van der Waals surface area contributed by atoms with E-state index < -0.39 is 0 Å². The molecule has 0 saturated heterocycles. The average Bonchev–Trinajstić information content (AvgIpc) is 2.04. The summed E-state index contributed by atoms with van der Waals surface area (Å²) in [7, 11) is 0. The van der Waals surface area contributed by atoms with Gasteiger partial charge in [0.2, 0.25) is 0 Å². The summed E-state index contributed by atoms with van der Waals surface area (Å²) in [6, 6.07) is 0. The number of allylic oxidation sites excluding steroid dienone is 4. The van der Waals surface area contributed by atoms with Gasteiger partial charge in [0.15, 0.2) is 0 Å². The molecule has 2 aliphatic rings. The summed E-state index contributed by atoms with van der Waals surface area (Å²) in [5, 5.41) is 3.11. The summed E-state index contributed by atoms with van der Waals surface area (Å²) >= 11 is 0. The molecule has 12 heavy (non-hydrogen) atoms. The SMILES string of the molecule is C=C1NC=CC2=C1C=CC(C)C2. The van der Waals surface area contributed by atoms with E-state index in [0.29, 0.717) is 5.92 Å². The Bertz CT molecular complexity index is 305. The molecule has 1 heteroatoms. The second kappa shape index (κ2) is 2.67. The zero-order chi connectivity index (χ0) is 8.55. The van der Waals surface area contributed by atoms with Crippen LogP contribution in [-0.2, 0) is 0 Å². The van der Waals surface area contributed by atoms with Crippen LogP contribution < -0.4 is 5.32 Å². The van der Waals surface area contributed by atoms with Gasteiger partial charge in [-0.2, -0.15) is 0 Å². The van der Waals surface area contributed by atoms with E-state index in [-0.39, 0.29) is 0 Å². The molecule has 1 aliphatic heterocycles. The highest BCUT2D eigenvalue weighted by molar-refractivity contribution is 5.50. The molecule has 0 radical (unpaired) electrons. The van der Waals surface area contributed by atoms with E-state index in [0.717, 1.165) is 12.1 Å². The Labute approximate surface area is 73.2 Å². The molecule has 1 aliphatic carbocycles. The molecule has 1 nitrogen and oxygen atoms in total. The molecule has 62 valence electrons. The number of nitrogens with one attached hydrogen (secondary N) is 1. The van der Waals surface area contributed by atoms with E-state index >= 15 is 0 Å². The van der Waals surface area contributed by atoms with Gasteiger partial charge in [-0.1, -0.05) is 25.7 Å². The first-order valence-corrected chi connectivity index (χ1v) is 4.31. The van der Waals surface area contributed by atoms with E-state index in [9.17, 15) is 0 Å². The second-order valence-corrected chi connectivity index (χ2v) is 3.44. The highest BCUT2D eigenvalue weighted by Crippen LogP contribution is 2.28. The Morgan fingerprint density at radius 1 is 1.50 bits per heavy atom. The molecule has 1 unspecified atom stereocenters. The van der Waals surface area contributed by atoms with Crippen molar-refractivity contribution in [2.45, 2.75) is 13.3 Å². The Kier molecular flexibility index (Phi) is 1.65. The van der Waals surface area contributed by atoms with Crippen LogP contribution in [0.25, 0.3) is 0 Å². The molecule has 0 saturated carbocycles. The lowest BCUT2D eigenvalue weighted by atomic mass is 9.88. The Balaban J connectivity index is 2.38. The van der Waals surface area contributed by atoms with Crippen LogP contribution in [0.2, 0.25) is 0 Å². The molecule has 0 aromatic rings. The van der Waals surface area contributed by atoms with Crippen LogP contribution in [0.3, 0.4) is 0 Å². The third-order valence-electron chi connectivity index (χ3n) is 2.35. The average molecular weight is 159 g/mol. The van der Waals surface area contributed by atoms with E-state index in [4.69, 9.17) is 0 Å². The van der Waals surface area contributed by atoms with Gasteiger partial charge in [0.25, 0.3) is 0 Å². The standard InChI is InChI=1S/C11H13N/c1-8-3-4-11-9(2)12-6-5-10(11)7-8/h3-6,8,12H,2,7H2,1H3. The van der Waals surface area contributed by atoms with Crippen LogP contribution in [0.1, 0.15) is 13.3 Å². The first-order chi connectivity index (χ1) is 5.77. The number of rotatable bonds is 0. The molecule has 1 atom stereocenters. The van der Waals surface area contributed by atoms with E-state index in [1.165, 1.54) is 11.1 Å². The lowest BCUT2D eigenvalue weighted by Gasteiger charge is -2.22. The maximum Gasteiger partial charge on any atom is 0.0383 e. The van der Waals surface area contributed by atoms with Gasteiger partial charge in [-0.25, -0.2) is 0 Å². The maximum absolute atomic E-state index is 3.95. The zero-order valence-corrected chi connectivity index (χ0v) is 7.30. The minimum absolute atomic E-state index is 0.666. The van der Waals surface area contributed by atoms with Crippen molar-refractivity contribution < 1.29 is 0 Å². The summed E-state index contributed by atoms with van der Waals surface area (Å²) in [5.74, 6) is 0.666. The predicted octanol–water partition coefficient (Wildman–Crippen LogP) is 2.51. The molecule has 0 amide bonds. The first-order valence-electron chi connectivity index (χ1n) is 4.31. The summed E-state index contributed by atoms with van der Waals surface area (Å²) in [4.78, 5) is 0. The van der Waals surface area contributed by atoms with Crippen LogP contribution >= 0.6 is 0 Å². The normalized spacial score (nSPS) is 27.1. The number of hydrogen-bond acceptors (Lipinski definition) is 1. The molecule has 0 aromatic carbocycles. The zero-order valence-electron chi connectivity index (χ0n) is 7.30. The van der Waals surface area contributed by atoms with E-state index in [1.54, 1.807) is 0 Å². The van der Waals surface area contributed by atoms with Gasteiger partial charge < -0.3 is 5.32 Å². The maximum atomic E-state index is 3.95. The molecule has 0 fully saturated rings. The fraction of sp³-hybridized carbons (Fsp3) is 0.273. The van der Waals surface area contributed by atoms with Crippen LogP contribution in [0.5, 0.6) is 0 Å². The Hall–Kier alpha value is -1.24. The molecule has 0 bridgehead atoms. The highest BCUT2D eigenvalue weighted by Gasteiger charge is 2.14. The Morgan fingerprint density at radius 2 is 2.33 bits per heavy atom. The van der Waals surface area contributed by atoms with Crippen molar-refractivity contribution in [1.29, 1.82) is 0 Å². The molecular weight excluding hydrogens is 146 g/mol. The largest absolute Gasteiger partial charge is 0.362 e. The van der Waals surface area contributed by atoms with Gasteiger partial charge in [0.05, 0.1) is 0 Å². The fourth-order valence-corrected chi connectivity index (χ4v) is 1.67. The fourth-order valence-electron chi connectivity index (χ4n) is 1.67. The minimum atomic E-state index is 0.666. The molecule has 2 rings (SSSR count). The van der Waals surface area contributed by atoms with Gasteiger partial charge >= 0.3 is 0 Å². The van der Waals surface area contributed by atoms with Crippen molar-refractivity contribution in [3.63, 3.8) is 0 Å². The molecule has 1 heterocycles. The lowest BCUT2D eigenvalue weighted by Crippen LogP contribution is -2.14. The summed E-state index contributed by atoms with van der Waals surface area (Å²) in [6.07, 6.45) is 9.66.